The van der Waals surface area contributed by atoms with Gasteiger partial charge in [0, 0.05) is 31.6 Å². The third-order valence-electron chi connectivity index (χ3n) is 5.71. The number of hydrogen-bond donors (Lipinski definition) is 1. The Morgan fingerprint density at radius 3 is 2.52 bits per heavy atom. The van der Waals surface area contributed by atoms with E-state index in [0.29, 0.717) is 23.9 Å². The van der Waals surface area contributed by atoms with Crippen LogP contribution in [0.4, 0.5) is 0 Å². The van der Waals surface area contributed by atoms with E-state index in [1.807, 2.05) is 0 Å². The lowest BCUT2D eigenvalue weighted by Gasteiger charge is -2.35. The maximum absolute atomic E-state index is 12.6. The summed E-state index contributed by atoms with van der Waals surface area (Å²) in [5.74, 6) is 2.58. The van der Waals surface area contributed by atoms with Gasteiger partial charge in [-0.05, 0) is 62.7 Å². The van der Waals surface area contributed by atoms with Gasteiger partial charge in [-0.25, -0.2) is 0 Å². The van der Waals surface area contributed by atoms with Crippen molar-refractivity contribution in [1.82, 2.24) is 10.2 Å². The minimum Gasteiger partial charge on any atom is -0.342 e. The van der Waals surface area contributed by atoms with E-state index in [1.165, 1.54) is 44.9 Å². The van der Waals surface area contributed by atoms with Crippen LogP contribution in [0, 0.1) is 17.8 Å². The second kappa shape index (κ2) is 6.68. The molecule has 3 rings (SSSR count). The van der Waals surface area contributed by atoms with Gasteiger partial charge in [0.25, 0.3) is 0 Å². The number of nitrogens with zero attached hydrogens (tertiary/aromatic N) is 1. The highest BCUT2D eigenvalue weighted by atomic mass is 16.2. The van der Waals surface area contributed by atoms with Crippen LogP contribution in [0.5, 0.6) is 0 Å². The van der Waals surface area contributed by atoms with Gasteiger partial charge in [0.2, 0.25) is 5.91 Å². The van der Waals surface area contributed by atoms with Gasteiger partial charge in [-0.15, -0.1) is 0 Å². The van der Waals surface area contributed by atoms with Crippen molar-refractivity contribution in [2.75, 3.05) is 13.1 Å². The van der Waals surface area contributed by atoms with Gasteiger partial charge in [0.15, 0.2) is 0 Å². The monoisotopic (exact) mass is 292 g/mol. The van der Waals surface area contributed by atoms with Gasteiger partial charge in [-0.1, -0.05) is 13.8 Å². The molecule has 0 aromatic rings. The van der Waals surface area contributed by atoms with Crippen LogP contribution in [0.1, 0.15) is 65.2 Å². The van der Waals surface area contributed by atoms with Gasteiger partial charge in [-0.2, -0.15) is 0 Å². The SMILES string of the molecule is CC(C)CC1CCCN(C(=O)CC2CC3CCC(C2)N3)C1. The topological polar surface area (TPSA) is 32.3 Å². The van der Waals surface area contributed by atoms with Crippen molar-refractivity contribution in [3.63, 3.8) is 0 Å². The molecule has 120 valence electrons. The number of amides is 1. The van der Waals surface area contributed by atoms with Crippen molar-refractivity contribution >= 4 is 5.91 Å². The second-order valence-electron chi connectivity index (χ2n) is 8.16. The standard InChI is InChI=1S/C18H32N2O/c1-13(2)8-14-4-3-7-20(12-14)18(21)11-15-9-16-5-6-17(10-15)19-16/h13-17,19H,3-12H2,1-2H3. The third-order valence-corrected chi connectivity index (χ3v) is 5.71. The summed E-state index contributed by atoms with van der Waals surface area (Å²) in [5.41, 5.74) is 0. The summed E-state index contributed by atoms with van der Waals surface area (Å²) in [6.45, 7) is 6.62. The quantitative estimate of drug-likeness (QED) is 0.863. The lowest BCUT2D eigenvalue weighted by Crippen LogP contribution is -2.43. The lowest BCUT2D eigenvalue weighted by molar-refractivity contribution is -0.134. The molecule has 3 aliphatic heterocycles. The molecule has 0 saturated carbocycles. The van der Waals surface area contributed by atoms with Crippen LogP contribution in [0.2, 0.25) is 0 Å². The predicted molar refractivity (Wildman–Crippen MR) is 86.0 cm³/mol. The fourth-order valence-electron chi connectivity index (χ4n) is 4.87. The smallest absolute Gasteiger partial charge is 0.222 e. The molecule has 0 spiro atoms. The molecule has 3 atom stereocenters. The summed E-state index contributed by atoms with van der Waals surface area (Å²) >= 11 is 0. The van der Waals surface area contributed by atoms with Crippen LogP contribution in [-0.2, 0) is 4.79 Å². The third kappa shape index (κ3) is 4.00. The second-order valence-corrected chi connectivity index (χ2v) is 8.16. The van der Waals surface area contributed by atoms with E-state index in [2.05, 4.69) is 24.1 Å². The average Bonchev–Trinajstić information content (AvgIpc) is 2.77. The maximum atomic E-state index is 12.6. The molecule has 1 N–H and O–H groups in total. The summed E-state index contributed by atoms with van der Waals surface area (Å²) < 4.78 is 0. The molecule has 3 heteroatoms. The van der Waals surface area contributed by atoms with Gasteiger partial charge < -0.3 is 10.2 Å². The van der Waals surface area contributed by atoms with E-state index in [9.17, 15) is 4.79 Å². The Hall–Kier alpha value is -0.570. The molecule has 0 aromatic carbocycles. The molecule has 0 aromatic heterocycles. The molecule has 3 nitrogen and oxygen atoms in total. The van der Waals surface area contributed by atoms with E-state index in [4.69, 9.17) is 0 Å². The summed E-state index contributed by atoms with van der Waals surface area (Å²) in [4.78, 5) is 14.8. The first-order valence-electron chi connectivity index (χ1n) is 9.14. The van der Waals surface area contributed by atoms with E-state index >= 15 is 0 Å². The normalized spacial score (nSPS) is 36.2. The van der Waals surface area contributed by atoms with Crippen LogP contribution in [0.25, 0.3) is 0 Å². The summed E-state index contributed by atoms with van der Waals surface area (Å²) in [6.07, 6.45) is 9.73. The number of carbonyl (C=O) groups excluding carboxylic acids is 1. The number of piperidine rings is 2. The van der Waals surface area contributed by atoms with Crippen LogP contribution in [0.15, 0.2) is 0 Å². The average molecular weight is 292 g/mol. The van der Waals surface area contributed by atoms with Gasteiger partial charge >= 0.3 is 0 Å². The molecule has 3 unspecified atom stereocenters. The Morgan fingerprint density at radius 2 is 1.86 bits per heavy atom. The number of fused-ring (bicyclic) bond motifs is 2. The number of nitrogens with one attached hydrogen (secondary N) is 1. The van der Waals surface area contributed by atoms with Crippen molar-refractivity contribution < 1.29 is 4.79 Å². The van der Waals surface area contributed by atoms with Crippen molar-refractivity contribution in [1.29, 1.82) is 0 Å². The number of likely N-dealkylation sites (tertiary alicyclic amines) is 1. The van der Waals surface area contributed by atoms with E-state index < -0.39 is 0 Å². The molecule has 3 aliphatic rings. The number of rotatable bonds is 4. The molecule has 1 amide bonds. The Kier molecular flexibility index (Phi) is 4.88. The van der Waals surface area contributed by atoms with E-state index in [0.717, 1.165) is 31.3 Å². The van der Waals surface area contributed by atoms with Gasteiger partial charge in [0.05, 0.1) is 0 Å². The fraction of sp³-hybridized carbons (Fsp3) is 0.944. The van der Waals surface area contributed by atoms with Crippen LogP contribution in [-0.4, -0.2) is 36.0 Å². The zero-order valence-electron chi connectivity index (χ0n) is 13.8. The van der Waals surface area contributed by atoms with Crippen molar-refractivity contribution in [2.24, 2.45) is 17.8 Å². The Balaban J connectivity index is 1.48. The Bertz CT molecular complexity index is 356. The van der Waals surface area contributed by atoms with Crippen LogP contribution >= 0.6 is 0 Å². The van der Waals surface area contributed by atoms with Crippen molar-refractivity contribution in [2.45, 2.75) is 77.3 Å². The van der Waals surface area contributed by atoms with Crippen LogP contribution < -0.4 is 5.32 Å². The summed E-state index contributed by atoms with van der Waals surface area (Å²) in [5, 5.41) is 3.68. The molecular formula is C18H32N2O. The highest BCUT2D eigenvalue weighted by molar-refractivity contribution is 5.76. The minimum absolute atomic E-state index is 0.440. The zero-order valence-corrected chi connectivity index (χ0v) is 13.8. The first kappa shape index (κ1) is 15.3. The maximum Gasteiger partial charge on any atom is 0.222 e. The number of carbonyl (C=O) groups is 1. The first-order chi connectivity index (χ1) is 10.1. The molecule has 0 aliphatic carbocycles. The van der Waals surface area contributed by atoms with Gasteiger partial charge in [-0.3, -0.25) is 4.79 Å². The molecule has 3 fully saturated rings. The van der Waals surface area contributed by atoms with Crippen LogP contribution in [0.3, 0.4) is 0 Å². The predicted octanol–water partition coefficient (Wildman–Crippen LogP) is 3.19. The molecule has 3 saturated heterocycles. The number of hydrogen-bond acceptors (Lipinski definition) is 2. The largest absolute Gasteiger partial charge is 0.342 e. The highest BCUT2D eigenvalue weighted by Gasteiger charge is 2.35. The highest BCUT2D eigenvalue weighted by Crippen LogP contribution is 2.33. The molecule has 3 heterocycles. The summed E-state index contributed by atoms with van der Waals surface area (Å²) in [7, 11) is 0. The first-order valence-corrected chi connectivity index (χ1v) is 9.14. The summed E-state index contributed by atoms with van der Waals surface area (Å²) in [6, 6.07) is 1.41. The van der Waals surface area contributed by atoms with E-state index in [-0.39, 0.29) is 0 Å². The van der Waals surface area contributed by atoms with E-state index in [1.54, 1.807) is 0 Å². The Morgan fingerprint density at radius 1 is 1.14 bits per heavy atom. The molecule has 0 radical (unpaired) electrons. The minimum atomic E-state index is 0.440. The van der Waals surface area contributed by atoms with Crippen molar-refractivity contribution in [3.05, 3.63) is 0 Å². The fourth-order valence-corrected chi connectivity index (χ4v) is 4.87. The van der Waals surface area contributed by atoms with Gasteiger partial charge in [0.1, 0.15) is 0 Å². The van der Waals surface area contributed by atoms with Crippen molar-refractivity contribution in [3.8, 4) is 0 Å². The lowest BCUT2D eigenvalue weighted by atomic mass is 9.87. The Labute approximate surface area is 129 Å². The molecule has 21 heavy (non-hydrogen) atoms. The molecular weight excluding hydrogens is 260 g/mol. The zero-order chi connectivity index (χ0) is 14.8. The molecule has 2 bridgehead atoms.